The third-order valence-corrected chi connectivity index (χ3v) is 4.16. The molecule has 0 radical (unpaired) electrons. The quantitative estimate of drug-likeness (QED) is 0.684. The Labute approximate surface area is 126 Å². The molecule has 0 aliphatic carbocycles. The minimum atomic E-state index is -0.342. The van der Waals surface area contributed by atoms with Crippen LogP contribution in [0.1, 0.15) is 39.2 Å². The van der Waals surface area contributed by atoms with Gasteiger partial charge in [-0.1, -0.05) is 12.1 Å². The molecule has 116 valence electrons. The average Bonchev–Trinajstić information content (AvgIpc) is 2.45. The summed E-state index contributed by atoms with van der Waals surface area (Å²) < 4.78 is 0. The standard InChI is InChI=1S/C16H25N3O2/c1-16(2,3)18-9-7-14(8-10-18)17-12-13-5-4-6-15(11-13)19(20)21/h4-6,11,14,17H,7-10,12H2,1-3H3. The Morgan fingerprint density at radius 1 is 1.33 bits per heavy atom. The van der Waals surface area contributed by atoms with E-state index in [2.05, 4.69) is 31.0 Å². The summed E-state index contributed by atoms with van der Waals surface area (Å²) in [5, 5.41) is 14.3. The first-order chi connectivity index (χ1) is 9.86. The molecule has 1 aromatic carbocycles. The first kappa shape index (κ1) is 15.9. The van der Waals surface area contributed by atoms with Crippen LogP contribution in [0.3, 0.4) is 0 Å². The van der Waals surface area contributed by atoms with Crippen molar-refractivity contribution in [2.45, 2.75) is 51.7 Å². The lowest BCUT2D eigenvalue weighted by molar-refractivity contribution is -0.384. The number of piperidine rings is 1. The van der Waals surface area contributed by atoms with Gasteiger partial charge in [0.1, 0.15) is 0 Å². The van der Waals surface area contributed by atoms with E-state index in [1.165, 1.54) is 6.07 Å². The number of nitro benzene ring substituents is 1. The number of non-ortho nitro benzene ring substituents is 1. The molecule has 1 aliphatic heterocycles. The Balaban J connectivity index is 1.82. The minimum Gasteiger partial charge on any atom is -0.310 e. The second-order valence-corrected chi connectivity index (χ2v) is 6.74. The van der Waals surface area contributed by atoms with E-state index in [0.29, 0.717) is 12.6 Å². The van der Waals surface area contributed by atoms with Crippen LogP contribution in [0.15, 0.2) is 24.3 Å². The van der Waals surface area contributed by atoms with Crippen molar-refractivity contribution in [1.82, 2.24) is 10.2 Å². The molecule has 1 saturated heterocycles. The van der Waals surface area contributed by atoms with Gasteiger partial charge in [-0.3, -0.25) is 15.0 Å². The van der Waals surface area contributed by atoms with Crippen molar-refractivity contribution >= 4 is 5.69 Å². The van der Waals surface area contributed by atoms with E-state index in [9.17, 15) is 10.1 Å². The van der Waals surface area contributed by atoms with Crippen molar-refractivity contribution in [2.24, 2.45) is 0 Å². The molecule has 0 aromatic heterocycles. The highest BCUT2D eigenvalue weighted by Gasteiger charge is 2.26. The number of hydrogen-bond donors (Lipinski definition) is 1. The molecule has 1 heterocycles. The largest absolute Gasteiger partial charge is 0.310 e. The second-order valence-electron chi connectivity index (χ2n) is 6.74. The number of rotatable bonds is 4. The predicted molar refractivity (Wildman–Crippen MR) is 84.3 cm³/mol. The molecule has 1 aromatic rings. The van der Waals surface area contributed by atoms with Crippen LogP contribution in [0, 0.1) is 10.1 Å². The Morgan fingerprint density at radius 3 is 2.57 bits per heavy atom. The summed E-state index contributed by atoms with van der Waals surface area (Å²) in [6.45, 7) is 9.67. The summed E-state index contributed by atoms with van der Waals surface area (Å²) in [5.74, 6) is 0. The molecule has 0 amide bonds. The Kier molecular flexibility index (Phi) is 4.96. The van der Waals surface area contributed by atoms with Crippen LogP contribution in [0.4, 0.5) is 5.69 Å². The van der Waals surface area contributed by atoms with Crippen LogP contribution in [-0.2, 0) is 6.54 Å². The van der Waals surface area contributed by atoms with Gasteiger partial charge >= 0.3 is 0 Å². The first-order valence-electron chi connectivity index (χ1n) is 7.58. The monoisotopic (exact) mass is 291 g/mol. The molecule has 0 atom stereocenters. The van der Waals surface area contributed by atoms with Gasteiger partial charge in [-0.25, -0.2) is 0 Å². The number of nitrogens with one attached hydrogen (secondary N) is 1. The van der Waals surface area contributed by atoms with E-state index in [4.69, 9.17) is 0 Å². The lowest BCUT2D eigenvalue weighted by Crippen LogP contribution is -2.49. The van der Waals surface area contributed by atoms with E-state index in [-0.39, 0.29) is 16.1 Å². The lowest BCUT2D eigenvalue weighted by atomic mass is 9.98. The molecule has 0 bridgehead atoms. The normalized spacial score (nSPS) is 17.9. The second kappa shape index (κ2) is 6.54. The van der Waals surface area contributed by atoms with Crippen LogP contribution < -0.4 is 5.32 Å². The van der Waals surface area contributed by atoms with Crippen molar-refractivity contribution in [3.63, 3.8) is 0 Å². The van der Waals surface area contributed by atoms with E-state index in [0.717, 1.165) is 31.5 Å². The average molecular weight is 291 g/mol. The summed E-state index contributed by atoms with van der Waals surface area (Å²) in [7, 11) is 0. The topological polar surface area (TPSA) is 58.4 Å². The van der Waals surface area contributed by atoms with Gasteiger partial charge in [0.15, 0.2) is 0 Å². The van der Waals surface area contributed by atoms with Crippen molar-refractivity contribution < 1.29 is 4.92 Å². The van der Waals surface area contributed by atoms with Crippen LogP contribution in [0.25, 0.3) is 0 Å². The third-order valence-electron chi connectivity index (χ3n) is 4.16. The molecule has 1 fully saturated rings. The van der Waals surface area contributed by atoms with E-state index in [1.807, 2.05) is 6.07 Å². The zero-order valence-electron chi connectivity index (χ0n) is 13.1. The Morgan fingerprint density at radius 2 is 2.00 bits per heavy atom. The smallest absolute Gasteiger partial charge is 0.269 e. The molecular weight excluding hydrogens is 266 g/mol. The Bertz CT molecular complexity index is 489. The minimum absolute atomic E-state index is 0.164. The summed E-state index contributed by atoms with van der Waals surface area (Å²) in [6.07, 6.45) is 2.26. The summed E-state index contributed by atoms with van der Waals surface area (Å²) in [6, 6.07) is 7.37. The van der Waals surface area contributed by atoms with Crippen LogP contribution in [0.5, 0.6) is 0 Å². The molecule has 5 nitrogen and oxygen atoms in total. The molecular formula is C16H25N3O2. The first-order valence-corrected chi connectivity index (χ1v) is 7.58. The van der Waals surface area contributed by atoms with Gasteiger partial charge in [-0.05, 0) is 39.2 Å². The maximum absolute atomic E-state index is 10.8. The van der Waals surface area contributed by atoms with E-state index in [1.54, 1.807) is 12.1 Å². The van der Waals surface area contributed by atoms with Gasteiger partial charge < -0.3 is 5.32 Å². The van der Waals surface area contributed by atoms with Crippen LogP contribution in [0.2, 0.25) is 0 Å². The van der Waals surface area contributed by atoms with Gasteiger partial charge in [-0.15, -0.1) is 0 Å². The SMILES string of the molecule is CC(C)(C)N1CCC(NCc2cccc([N+](=O)[O-])c2)CC1. The van der Waals surface area contributed by atoms with Gasteiger partial charge in [0.05, 0.1) is 4.92 Å². The molecule has 0 saturated carbocycles. The number of nitrogens with zero attached hydrogens (tertiary/aromatic N) is 2. The van der Waals surface area contributed by atoms with Gasteiger partial charge in [0.2, 0.25) is 0 Å². The molecule has 5 heteroatoms. The summed E-state index contributed by atoms with van der Waals surface area (Å²) in [4.78, 5) is 12.9. The maximum Gasteiger partial charge on any atom is 0.269 e. The van der Waals surface area contributed by atoms with Gasteiger partial charge in [-0.2, -0.15) is 0 Å². The molecule has 0 unspecified atom stereocenters. The summed E-state index contributed by atoms with van der Waals surface area (Å²) >= 11 is 0. The molecule has 0 spiro atoms. The van der Waals surface area contributed by atoms with Crippen LogP contribution in [-0.4, -0.2) is 34.5 Å². The number of likely N-dealkylation sites (tertiary alicyclic amines) is 1. The highest BCUT2D eigenvalue weighted by atomic mass is 16.6. The zero-order valence-corrected chi connectivity index (χ0v) is 13.1. The highest BCUT2D eigenvalue weighted by molar-refractivity contribution is 5.34. The predicted octanol–water partition coefficient (Wildman–Crippen LogP) is 2.95. The fourth-order valence-electron chi connectivity index (χ4n) is 2.80. The van der Waals surface area contributed by atoms with Crippen molar-refractivity contribution in [1.29, 1.82) is 0 Å². The molecule has 21 heavy (non-hydrogen) atoms. The molecule has 1 N–H and O–H groups in total. The third kappa shape index (κ3) is 4.51. The zero-order chi connectivity index (χ0) is 15.5. The van der Waals surface area contributed by atoms with Crippen LogP contribution >= 0.6 is 0 Å². The maximum atomic E-state index is 10.8. The number of benzene rings is 1. The Hall–Kier alpha value is -1.46. The number of hydrogen-bond acceptors (Lipinski definition) is 4. The van der Waals surface area contributed by atoms with Crippen molar-refractivity contribution in [3.05, 3.63) is 39.9 Å². The van der Waals surface area contributed by atoms with Crippen molar-refractivity contribution in [2.75, 3.05) is 13.1 Å². The summed E-state index contributed by atoms with van der Waals surface area (Å²) in [5.41, 5.74) is 1.38. The lowest BCUT2D eigenvalue weighted by Gasteiger charge is -2.41. The van der Waals surface area contributed by atoms with E-state index < -0.39 is 0 Å². The molecule has 1 aliphatic rings. The van der Waals surface area contributed by atoms with Crippen molar-refractivity contribution in [3.8, 4) is 0 Å². The fourth-order valence-corrected chi connectivity index (χ4v) is 2.80. The fraction of sp³-hybridized carbons (Fsp3) is 0.625. The van der Waals surface area contributed by atoms with E-state index >= 15 is 0 Å². The highest BCUT2D eigenvalue weighted by Crippen LogP contribution is 2.20. The number of nitro groups is 1. The molecule has 2 rings (SSSR count). The van der Waals surface area contributed by atoms with Gasteiger partial charge in [0, 0.05) is 43.3 Å². The van der Waals surface area contributed by atoms with Gasteiger partial charge in [0.25, 0.3) is 5.69 Å².